The third kappa shape index (κ3) is 4.06. The zero-order valence-corrected chi connectivity index (χ0v) is 14.1. The molecule has 0 unspecified atom stereocenters. The zero-order chi connectivity index (χ0) is 15.5. The van der Waals surface area contributed by atoms with Gasteiger partial charge >= 0.3 is 0 Å². The van der Waals surface area contributed by atoms with Crippen molar-refractivity contribution in [2.45, 2.75) is 11.8 Å². The van der Waals surface area contributed by atoms with Crippen LogP contribution in [-0.4, -0.2) is 74.7 Å². The summed E-state index contributed by atoms with van der Waals surface area (Å²) in [4.78, 5) is 4.83. The van der Waals surface area contributed by atoms with Crippen molar-refractivity contribution in [3.63, 3.8) is 0 Å². The van der Waals surface area contributed by atoms with Crippen molar-refractivity contribution in [2.24, 2.45) is 0 Å². The first kappa shape index (κ1) is 16.5. The summed E-state index contributed by atoms with van der Waals surface area (Å²) in [6.07, 6.45) is 0. The Morgan fingerprint density at radius 3 is 2.62 bits per heavy atom. The van der Waals surface area contributed by atoms with Crippen LogP contribution in [0.15, 0.2) is 4.90 Å². The van der Waals surface area contributed by atoms with Gasteiger partial charge in [-0.05, 0) is 18.6 Å². The summed E-state index contributed by atoms with van der Waals surface area (Å²) in [5.41, 5.74) is 5.70. The lowest BCUT2D eigenvalue weighted by Gasteiger charge is -2.32. The lowest BCUT2D eigenvalue weighted by Crippen LogP contribution is -2.45. The summed E-state index contributed by atoms with van der Waals surface area (Å²) in [6, 6.07) is 0. The number of rotatable bonds is 6. The maximum atomic E-state index is 12.0. The number of sulfone groups is 1. The molecule has 1 aromatic heterocycles. The number of likely N-dealkylation sites (N-methyl/N-ethyl adjacent to an activating group) is 1. The molecule has 0 bridgehead atoms. The van der Waals surface area contributed by atoms with Gasteiger partial charge in [0.05, 0.1) is 5.75 Å². The van der Waals surface area contributed by atoms with E-state index in [9.17, 15) is 8.42 Å². The highest BCUT2D eigenvalue weighted by Gasteiger charge is 2.23. The van der Waals surface area contributed by atoms with Gasteiger partial charge in [-0.15, -0.1) is 0 Å². The quantitative estimate of drug-likeness (QED) is 0.767. The van der Waals surface area contributed by atoms with Crippen LogP contribution < -0.4 is 11.1 Å². The number of anilines is 2. The summed E-state index contributed by atoms with van der Waals surface area (Å²) in [5.74, 6) is 0.131. The number of hydrogen-bond donors (Lipinski definition) is 2. The van der Waals surface area contributed by atoms with Crippen molar-refractivity contribution in [1.82, 2.24) is 14.2 Å². The van der Waals surface area contributed by atoms with Gasteiger partial charge in [-0.3, -0.25) is 4.90 Å². The van der Waals surface area contributed by atoms with Gasteiger partial charge in [-0.1, -0.05) is 6.92 Å². The Balaban J connectivity index is 1.92. The highest BCUT2D eigenvalue weighted by Crippen LogP contribution is 2.31. The van der Waals surface area contributed by atoms with Gasteiger partial charge in [0.15, 0.2) is 15.7 Å². The Kier molecular flexibility index (Phi) is 5.42. The molecule has 1 aromatic rings. The molecule has 1 aliphatic heterocycles. The van der Waals surface area contributed by atoms with E-state index in [4.69, 9.17) is 5.73 Å². The number of piperazine rings is 1. The van der Waals surface area contributed by atoms with Crippen LogP contribution in [0, 0.1) is 0 Å². The number of aromatic nitrogens is 1. The molecule has 0 atom stereocenters. The maximum absolute atomic E-state index is 12.0. The van der Waals surface area contributed by atoms with Crippen LogP contribution in [0.25, 0.3) is 0 Å². The van der Waals surface area contributed by atoms with Gasteiger partial charge in [-0.25, -0.2) is 8.42 Å². The van der Waals surface area contributed by atoms with Gasteiger partial charge < -0.3 is 16.0 Å². The lowest BCUT2D eigenvalue weighted by atomic mass is 10.3. The average molecular weight is 333 g/mol. The van der Waals surface area contributed by atoms with E-state index in [0.717, 1.165) is 44.3 Å². The lowest BCUT2D eigenvalue weighted by molar-refractivity contribution is 0.158. The zero-order valence-electron chi connectivity index (χ0n) is 12.5. The van der Waals surface area contributed by atoms with Crippen molar-refractivity contribution < 1.29 is 8.42 Å². The number of hydrogen-bond acceptors (Lipinski definition) is 8. The largest absolute Gasteiger partial charge is 0.382 e. The van der Waals surface area contributed by atoms with Gasteiger partial charge in [0.25, 0.3) is 0 Å². The predicted molar refractivity (Wildman–Crippen MR) is 86.7 cm³/mol. The second kappa shape index (κ2) is 6.91. The summed E-state index contributed by atoms with van der Waals surface area (Å²) < 4.78 is 28.0. The first-order valence-electron chi connectivity index (χ1n) is 7.06. The van der Waals surface area contributed by atoms with Crippen molar-refractivity contribution in [2.75, 3.05) is 63.1 Å². The van der Waals surface area contributed by atoms with Crippen LogP contribution in [0.3, 0.4) is 0 Å². The fraction of sp³-hybridized carbons (Fsp3) is 0.750. The Morgan fingerprint density at radius 2 is 2.00 bits per heavy atom. The summed E-state index contributed by atoms with van der Waals surface area (Å²) >= 11 is 1.11. The topological polar surface area (TPSA) is 91.6 Å². The third-order valence-electron chi connectivity index (χ3n) is 3.67. The molecule has 0 amide bonds. The van der Waals surface area contributed by atoms with E-state index in [1.807, 2.05) is 0 Å². The molecule has 0 saturated carbocycles. The molecule has 0 aliphatic carbocycles. The number of nitrogens with one attached hydrogen (secondary N) is 1. The molecule has 3 N–H and O–H groups in total. The molecule has 21 heavy (non-hydrogen) atoms. The first-order chi connectivity index (χ1) is 9.94. The monoisotopic (exact) mass is 333 g/mol. The fourth-order valence-electron chi connectivity index (χ4n) is 2.25. The molecule has 7 nitrogen and oxygen atoms in total. The van der Waals surface area contributed by atoms with Gasteiger partial charge in [0.2, 0.25) is 0 Å². The number of nitrogen functional groups attached to an aromatic ring is 1. The van der Waals surface area contributed by atoms with Gasteiger partial charge in [-0.2, -0.15) is 4.37 Å². The van der Waals surface area contributed by atoms with Crippen LogP contribution in [0.1, 0.15) is 6.92 Å². The normalized spacial score (nSPS) is 18.0. The molecular weight excluding hydrogens is 310 g/mol. The van der Waals surface area contributed by atoms with E-state index >= 15 is 0 Å². The first-order valence-corrected chi connectivity index (χ1v) is 9.49. The van der Waals surface area contributed by atoms with Crippen LogP contribution in [0.4, 0.5) is 10.8 Å². The van der Waals surface area contributed by atoms with Crippen molar-refractivity contribution in [3.8, 4) is 0 Å². The van der Waals surface area contributed by atoms with Crippen molar-refractivity contribution in [1.29, 1.82) is 0 Å². The van der Waals surface area contributed by atoms with Crippen LogP contribution >= 0.6 is 11.5 Å². The van der Waals surface area contributed by atoms with E-state index in [-0.39, 0.29) is 16.5 Å². The second-order valence-corrected chi connectivity index (χ2v) is 8.19. The minimum atomic E-state index is -3.34. The molecule has 1 fully saturated rings. The molecule has 1 aliphatic rings. The smallest absolute Gasteiger partial charge is 0.184 e. The van der Waals surface area contributed by atoms with E-state index in [2.05, 4.69) is 26.5 Å². The summed E-state index contributed by atoms with van der Waals surface area (Å²) in [5, 5.41) is 3.73. The molecule has 2 rings (SSSR count). The minimum Gasteiger partial charge on any atom is -0.382 e. The number of nitrogens with two attached hydrogens (primary N) is 1. The summed E-state index contributed by atoms with van der Waals surface area (Å²) in [7, 11) is -1.22. The van der Waals surface area contributed by atoms with Gasteiger partial charge in [0, 0.05) is 39.3 Å². The second-order valence-electron chi connectivity index (χ2n) is 5.20. The summed E-state index contributed by atoms with van der Waals surface area (Å²) in [6.45, 7) is 7.42. The SMILES string of the molecule is CCS(=O)(=O)c1c(N)nsc1NCCN1CCN(C)CC1. The van der Waals surface area contributed by atoms with E-state index in [0.29, 0.717) is 11.5 Å². The van der Waals surface area contributed by atoms with Crippen molar-refractivity contribution >= 4 is 32.2 Å². The molecule has 2 heterocycles. The molecule has 0 radical (unpaired) electrons. The Morgan fingerprint density at radius 1 is 1.33 bits per heavy atom. The highest BCUT2D eigenvalue weighted by atomic mass is 32.2. The fourth-order valence-corrected chi connectivity index (χ4v) is 4.44. The Hall–Kier alpha value is -0.900. The standard InChI is InChI=1S/C12H23N5O2S2/c1-3-21(18,19)10-11(13)15-20-12(10)14-4-5-17-8-6-16(2)7-9-17/h14H,3-9H2,1-2H3,(H2,13,15). The molecule has 0 spiro atoms. The number of nitrogens with zero attached hydrogens (tertiary/aromatic N) is 3. The van der Waals surface area contributed by atoms with Crippen molar-refractivity contribution in [3.05, 3.63) is 0 Å². The van der Waals surface area contributed by atoms with E-state index in [1.54, 1.807) is 6.92 Å². The highest BCUT2D eigenvalue weighted by molar-refractivity contribution is 7.91. The molecular formula is C12H23N5O2S2. The Bertz CT molecular complexity index is 564. The molecule has 120 valence electrons. The maximum Gasteiger partial charge on any atom is 0.184 e. The van der Waals surface area contributed by atoms with Crippen LogP contribution in [0.2, 0.25) is 0 Å². The minimum absolute atomic E-state index is 0.0305. The van der Waals surface area contributed by atoms with Crippen LogP contribution in [-0.2, 0) is 9.84 Å². The van der Waals surface area contributed by atoms with Crippen LogP contribution in [0.5, 0.6) is 0 Å². The molecule has 0 aromatic carbocycles. The molecule has 1 saturated heterocycles. The van der Waals surface area contributed by atoms with Gasteiger partial charge in [0.1, 0.15) is 9.90 Å². The van der Waals surface area contributed by atoms with E-state index < -0.39 is 9.84 Å². The average Bonchev–Trinajstić information content (AvgIpc) is 2.83. The Labute approximate surface area is 130 Å². The van der Waals surface area contributed by atoms with E-state index in [1.165, 1.54) is 0 Å². The third-order valence-corrected chi connectivity index (χ3v) is 6.42. The molecule has 9 heteroatoms. The predicted octanol–water partition coefficient (Wildman–Crippen LogP) is 0.178.